The van der Waals surface area contributed by atoms with Crippen molar-refractivity contribution >= 4 is 37.8 Å². The molecule has 0 aromatic heterocycles. The van der Waals surface area contributed by atoms with E-state index in [1.54, 1.807) is 48.5 Å². The first-order chi connectivity index (χ1) is 13.6. The van der Waals surface area contributed by atoms with Gasteiger partial charge in [-0.3, -0.25) is 4.79 Å². The second-order valence-corrected chi connectivity index (χ2v) is 9.83. The largest absolute Gasteiger partial charge is 0.423 e. The molecule has 0 aliphatic rings. The highest BCUT2D eigenvalue weighted by Crippen LogP contribution is 2.30. The molecule has 0 bridgehead atoms. The van der Waals surface area contributed by atoms with E-state index in [-0.39, 0.29) is 17.0 Å². The maximum atomic E-state index is 12.2. The number of hydrogen-bond donors (Lipinski definition) is 3. The van der Waals surface area contributed by atoms with Gasteiger partial charge in [0.25, 0.3) is 0 Å². The van der Waals surface area contributed by atoms with Crippen LogP contribution in [0.1, 0.15) is 37.6 Å². The highest BCUT2D eigenvalue weighted by Gasteiger charge is 2.12. The summed E-state index contributed by atoms with van der Waals surface area (Å²) in [4.78, 5) is 28.2. The van der Waals surface area contributed by atoms with Gasteiger partial charge in [0, 0.05) is 12.1 Å². The van der Waals surface area contributed by atoms with Crippen molar-refractivity contribution in [3.05, 3.63) is 54.1 Å². The van der Waals surface area contributed by atoms with Crippen molar-refractivity contribution in [3.8, 4) is 5.75 Å². The summed E-state index contributed by atoms with van der Waals surface area (Å²) < 4.78 is 5.35. The van der Waals surface area contributed by atoms with Crippen LogP contribution in [0.3, 0.4) is 0 Å². The fourth-order valence-electron chi connectivity index (χ4n) is 2.37. The number of nitrogens with one attached hydrogen (secondary N) is 1. The lowest BCUT2D eigenvalue weighted by Crippen LogP contribution is -2.21. The van der Waals surface area contributed by atoms with Gasteiger partial charge in [0.15, 0.2) is 5.96 Å². The maximum absolute atomic E-state index is 12.2. The number of aliphatic imine (C=N–C) groups is 1. The van der Waals surface area contributed by atoms with Gasteiger partial charge >= 0.3 is 5.97 Å². The minimum atomic E-state index is -0.499. The van der Waals surface area contributed by atoms with E-state index in [1.807, 2.05) is 0 Å². The number of anilines is 1. The molecule has 2 aromatic rings. The number of guanidine groups is 1. The number of carbonyl (C=O) groups is 2. The Morgan fingerprint density at radius 2 is 1.66 bits per heavy atom. The van der Waals surface area contributed by atoms with Crippen molar-refractivity contribution < 1.29 is 14.3 Å². The van der Waals surface area contributed by atoms with Gasteiger partial charge in [-0.15, -0.1) is 8.58 Å². The molecule has 0 heterocycles. The number of ether oxygens (including phenoxy) is 1. The third-order valence-electron chi connectivity index (χ3n) is 3.72. The van der Waals surface area contributed by atoms with E-state index < -0.39 is 5.97 Å². The van der Waals surface area contributed by atoms with E-state index in [2.05, 4.69) is 31.1 Å². The Bertz CT molecular complexity index is 868. The molecule has 0 aliphatic carbocycles. The minimum absolute atomic E-state index is 0.0210. The lowest BCUT2D eigenvalue weighted by atomic mass is 10.2. The molecule has 0 saturated heterocycles. The lowest BCUT2D eigenvalue weighted by molar-refractivity contribution is -0.115. The smallest absolute Gasteiger partial charge is 0.343 e. The Balaban J connectivity index is 1.87. The van der Waals surface area contributed by atoms with Crippen LogP contribution in [0.5, 0.6) is 5.75 Å². The van der Waals surface area contributed by atoms with Crippen molar-refractivity contribution in [2.45, 2.75) is 32.3 Å². The average Bonchev–Trinajstić information content (AvgIpc) is 2.62. The summed E-state index contributed by atoms with van der Waals surface area (Å²) >= 11 is 0. The van der Waals surface area contributed by atoms with Crippen LogP contribution in [-0.2, 0) is 4.79 Å². The highest BCUT2D eigenvalue weighted by molar-refractivity contribution is 7.39. The number of nitrogens with two attached hydrogens (primary N) is 2. The molecular formula is C21H27N4O3P. The van der Waals surface area contributed by atoms with Gasteiger partial charge in [-0.1, -0.05) is 20.8 Å². The zero-order chi connectivity index (χ0) is 21.4. The van der Waals surface area contributed by atoms with Gasteiger partial charge in [0.2, 0.25) is 5.91 Å². The van der Waals surface area contributed by atoms with Crippen LogP contribution in [0.4, 0.5) is 11.4 Å². The van der Waals surface area contributed by atoms with Gasteiger partial charge in [0.05, 0.1) is 11.3 Å². The summed E-state index contributed by atoms with van der Waals surface area (Å²) in [6.45, 7) is 6.51. The normalized spacial score (nSPS) is 11.3. The van der Waals surface area contributed by atoms with E-state index in [4.69, 9.17) is 16.2 Å². The number of rotatable bonds is 7. The highest BCUT2D eigenvalue weighted by atomic mass is 31.1. The number of amides is 1. The van der Waals surface area contributed by atoms with Gasteiger partial charge in [-0.25, -0.2) is 9.79 Å². The quantitative estimate of drug-likeness (QED) is 0.210. The SMILES string of the molecule is CC(C)(C)PCCC(=O)Nc1ccc(OC(=O)c2ccc(N=C(N)N)cc2)cc1. The van der Waals surface area contributed by atoms with E-state index in [1.165, 1.54) is 0 Å². The number of nitrogens with zero attached hydrogens (tertiary/aromatic N) is 1. The Hall–Kier alpha value is -2.92. The van der Waals surface area contributed by atoms with E-state index in [0.717, 1.165) is 14.7 Å². The molecule has 7 nitrogen and oxygen atoms in total. The van der Waals surface area contributed by atoms with Crippen LogP contribution in [0.2, 0.25) is 0 Å². The Kier molecular flexibility index (Phi) is 7.74. The predicted octanol–water partition coefficient (Wildman–Crippen LogP) is 3.62. The molecule has 0 saturated carbocycles. The monoisotopic (exact) mass is 414 g/mol. The molecule has 1 amide bonds. The average molecular weight is 414 g/mol. The lowest BCUT2D eigenvalue weighted by Gasteiger charge is -2.17. The molecule has 0 radical (unpaired) electrons. The van der Waals surface area contributed by atoms with Crippen molar-refractivity contribution in [3.63, 3.8) is 0 Å². The molecule has 0 fully saturated rings. The van der Waals surface area contributed by atoms with Gasteiger partial charge in [-0.05, 0) is 59.8 Å². The fourth-order valence-corrected chi connectivity index (χ4v) is 3.47. The van der Waals surface area contributed by atoms with Crippen molar-refractivity contribution in [2.75, 3.05) is 11.5 Å². The van der Waals surface area contributed by atoms with E-state index in [9.17, 15) is 9.59 Å². The van der Waals surface area contributed by atoms with Crippen molar-refractivity contribution in [1.82, 2.24) is 0 Å². The maximum Gasteiger partial charge on any atom is 0.343 e. The van der Waals surface area contributed by atoms with Gasteiger partial charge in [-0.2, -0.15) is 0 Å². The first-order valence-electron chi connectivity index (χ1n) is 9.19. The Morgan fingerprint density at radius 3 is 2.21 bits per heavy atom. The summed E-state index contributed by atoms with van der Waals surface area (Å²) in [6, 6.07) is 13.1. The number of hydrogen-bond acceptors (Lipinski definition) is 4. The van der Waals surface area contributed by atoms with Crippen LogP contribution >= 0.6 is 8.58 Å². The van der Waals surface area contributed by atoms with E-state index in [0.29, 0.717) is 29.1 Å². The van der Waals surface area contributed by atoms with Crippen LogP contribution in [0, 0.1) is 0 Å². The summed E-state index contributed by atoms with van der Waals surface area (Å²) in [7, 11) is 0.736. The van der Waals surface area contributed by atoms with Crippen molar-refractivity contribution in [1.29, 1.82) is 0 Å². The summed E-state index contributed by atoms with van der Waals surface area (Å²) in [5.74, 6) is -0.189. The zero-order valence-corrected chi connectivity index (χ0v) is 17.9. The second kappa shape index (κ2) is 10.0. The fraction of sp³-hybridized carbons (Fsp3) is 0.286. The summed E-state index contributed by atoms with van der Waals surface area (Å²) in [5, 5.41) is 3.10. The zero-order valence-electron chi connectivity index (χ0n) is 16.9. The molecule has 8 heteroatoms. The minimum Gasteiger partial charge on any atom is -0.423 e. The third kappa shape index (κ3) is 8.32. The molecule has 2 rings (SSSR count). The molecule has 1 atom stereocenters. The predicted molar refractivity (Wildman–Crippen MR) is 119 cm³/mol. The molecule has 29 heavy (non-hydrogen) atoms. The molecule has 2 aromatic carbocycles. The van der Waals surface area contributed by atoms with Crippen LogP contribution in [-0.4, -0.2) is 29.2 Å². The molecule has 0 spiro atoms. The molecular weight excluding hydrogens is 387 g/mol. The number of carbonyl (C=O) groups excluding carboxylic acids is 2. The molecule has 154 valence electrons. The summed E-state index contributed by atoms with van der Waals surface area (Å²) in [6.07, 6.45) is 1.36. The summed E-state index contributed by atoms with van der Waals surface area (Å²) in [5.41, 5.74) is 12.2. The third-order valence-corrected chi connectivity index (χ3v) is 5.28. The van der Waals surface area contributed by atoms with Gasteiger partial charge in [0.1, 0.15) is 5.75 Å². The second-order valence-electron chi connectivity index (χ2n) is 7.47. The molecule has 5 N–H and O–H groups in total. The van der Waals surface area contributed by atoms with Crippen LogP contribution < -0.4 is 21.5 Å². The van der Waals surface area contributed by atoms with Crippen molar-refractivity contribution in [2.24, 2.45) is 16.5 Å². The van der Waals surface area contributed by atoms with Gasteiger partial charge < -0.3 is 21.5 Å². The first kappa shape index (κ1) is 22.4. The Morgan fingerprint density at radius 1 is 1.03 bits per heavy atom. The van der Waals surface area contributed by atoms with Crippen LogP contribution in [0.15, 0.2) is 53.5 Å². The molecule has 0 aliphatic heterocycles. The number of esters is 1. The first-order valence-corrected chi connectivity index (χ1v) is 10.4. The topological polar surface area (TPSA) is 120 Å². The van der Waals surface area contributed by atoms with E-state index >= 15 is 0 Å². The standard InChI is InChI=1S/C21H27N4O3P/c1-21(2,3)29-13-12-18(26)24-15-8-10-17(11-9-15)28-19(27)14-4-6-16(7-5-14)25-20(22)23/h4-11,29H,12-13H2,1-3H3,(H,24,26)(H4,22,23,25). The number of benzene rings is 2. The molecule has 1 unspecified atom stereocenters. The Labute approximate surface area is 172 Å². The van der Waals surface area contributed by atoms with Crippen LogP contribution in [0.25, 0.3) is 0 Å².